The number of rotatable bonds is 15. The molecule has 0 atom stereocenters. The Bertz CT molecular complexity index is 9830. The standard InChI is InChI=1S/C48H32N2.2C46H30N4/c1-4-15-33(16-5-1)36-21-14-22-39(28-36)49-45-25-12-10-23-41(45)43-31-44-42-24-11-13-26-46(42)50(48(44)32-47(43)49)40-29-37(34-17-6-2-7-18-34)27-38(30-40)35-19-8-3-9-20-35;2*1-4-14-31(15-5-1)32-24-26-35(27-25-32)49-42-22-12-10-20-36(42)38-28-39-37-21-11-13-23-43(37)50(45(39)30-44(38)49)46-47-40(33-16-6-2-7-17-33)29-41(48-46)34-18-8-3-9-19-34/h1-32H;2*1-30H. The predicted octanol–water partition coefficient (Wildman–Crippen LogP) is 36.2. The van der Waals surface area contributed by atoms with Crippen LogP contribution < -0.4 is 0 Å². The molecule has 0 N–H and O–H groups in total. The van der Waals surface area contributed by atoms with Gasteiger partial charge < -0.3 is 18.3 Å². The van der Waals surface area contributed by atoms with Gasteiger partial charge in [0.05, 0.1) is 89.0 Å². The molecule has 0 saturated heterocycles. The molecule has 10 nitrogen and oxygen atoms in total. The van der Waals surface area contributed by atoms with E-state index in [9.17, 15) is 0 Å². The van der Waals surface area contributed by atoms with Crippen LogP contribution in [0.5, 0.6) is 0 Å². The van der Waals surface area contributed by atoms with Crippen LogP contribution >= 0.6 is 0 Å². The zero-order valence-corrected chi connectivity index (χ0v) is 81.6. The topological polar surface area (TPSA) is 81.1 Å². The lowest BCUT2D eigenvalue weighted by atomic mass is 9.98. The molecule has 0 radical (unpaired) electrons. The zero-order chi connectivity index (χ0) is 99.1. The molecule has 0 saturated carbocycles. The highest BCUT2D eigenvalue weighted by Crippen LogP contribution is 2.47. The molecule has 0 fully saturated rings. The summed E-state index contributed by atoms with van der Waals surface area (Å²) in [6, 6.07) is 199. The molecule has 8 aromatic heterocycles. The van der Waals surface area contributed by atoms with E-state index in [1.807, 2.05) is 24.3 Å². The number of fused-ring (bicyclic) bond motifs is 18. The highest BCUT2D eigenvalue weighted by molar-refractivity contribution is 6.23. The van der Waals surface area contributed by atoms with Gasteiger partial charge in [0.2, 0.25) is 11.9 Å². The van der Waals surface area contributed by atoms with Crippen molar-refractivity contribution in [3.05, 3.63) is 558 Å². The Balaban J connectivity index is 0.000000108. The van der Waals surface area contributed by atoms with Crippen LogP contribution in [-0.2, 0) is 0 Å². The molecule has 702 valence electrons. The largest absolute Gasteiger partial charge is 0.309 e. The summed E-state index contributed by atoms with van der Waals surface area (Å²) in [4.78, 5) is 21.0. The van der Waals surface area contributed by atoms with Gasteiger partial charge in [-0.15, -0.1) is 0 Å². The van der Waals surface area contributed by atoms with Gasteiger partial charge in [-0.2, -0.15) is 0 Å². The average Bonchev–Trinajstić information content (AvgIpc) is 1.56. The normalized spacial score (nSPS) is 11.6. The molecule has 0 unspecified atom stereocenters. The third kappa shape index (κ3) is 15.5. The Morgan fingerprint density at radius 3 is 0.580 bits per heavy atom. The summed E-state index contributed by atoms with van der Waals surface area (Å²) < 4.78 is 14.2. The van der Waals surface area contributed by atoms with Crippen molar-refractivity contribution in [2.45, 2.75) is 0 Å². The van der Waals surface area contributed by atoms with Gasteiger partial charge in [-0.25, -0.2) is 19.9 Å². The third-order valence-corrected chi connectivity index (χ3v) is 29.6. The van der Waals surface area contributed by atoms with Crippen molar-refractivity contribution in [2.24, 2.45) is 0 Å². The summed E-state index contributed by atoms with van der Waals surface area (Å²) >= 11 is 0. The maximum atomic E-state index is 5.26. The summed E-state index contributed by atoms with van der Waals surface area (Å²) in [6.07, 6.45) is 0. The molecule has 0 aliphatic carbocycles. The van der Waals surface area contributed by atoms with Crippen molar-refractivity contribution in [1.29, 1.82) is 0 Å². The Morgan fingerprint density at radius 1 is 0.100 bits per heavy atom. The van der Waals surface area contributed by atoms with Gasteiger partial charge in [-0.1, -0.05) is 419 Å². The average molecular weight is 1910 g/mol. The number of hydrogen-bond donors (Lipinski definition) is 0. The fourth-order valence-electron chi connectivity index (χ4n) is 22.6. The van der Waals surface area contributed by atoms with Crippen LogP contribution in [0, 0.1) is 0 Å². The van der Waals surface area contributed by atoms with Gasteiger partial charge >= 0.3 is 0 Å². The van der Waals surface area contributed by atoms with Crippen LogP contribution in [0.2, 0.25) is 0 Å². The second-order valence-electron chi connectivity index (χ2n) is 38.4. The SMILES string of the molecule is c1ccc(-c2ccc(-n3c4ccccc4c4cc5c6ccccc6n(-c6nc(-c7ccccc7)cc(-c7ccccc7)n6)c5cc43)cc2)cc1.c1ccc(-c2ccc(-n3c4ccccc4c4cc5c6ccccc6n(-c6nc(-c7ccccc7)cc(-c7ccccc7)n6)c5cc43)cc2)cc1.c1ccc(-c2cccc(-n3c4ccccc4c4cc5c6ccccc6n(-c6cc(-c7ccccc7)cc(-c7ccccc7)c6)c5cc43)c2)cc1. The summed E-state index contributed by atoms with van der Waals surface area (Å²) in [7, 11) is 0. The van der Waals surface area contributed by atoms with E-state index in [1.165, 1.54) is 153 Å². The van der Waals surface area contributed by atoms with Crippen LogP contribution in [0.3, 0.4) is 0 Å². The smallest absolute Gasteiger partial charge is 0.235 e. The van der Waals surface area contributed by atoms with Crippen LogP contribution in [-0.4, -0.2) is 47.3 Å². The number of aromatic nitrogens is 10. The lowest BCUT2D eigenvalue weighted by Gasteiger charge is -2.14. The van der Waals surface area contributed by atoms with Crippen molar-refractivity contribution in [2.75, 3.05) is 0 Å². The minimum absolute atomic E-state index is 0.644. The first-order chi connectivity index (χ1) is 74.4. The molecule has 150 heavy (non-hydrogen) atoms. The highest BCUT2D eigenvalue weighted by Gasteiger charge is 2.27. The Morgan fingerprint density at radius 2 is 0.300 bits per heavy atom. The minimum atomic E-state index is 0.644. The Labute approximate surface area is 865 Å². The van der Waals surface area contributed by atoms with Gasteiger partial charge in [0, 0.05) is 110 Å². The maximum absolute atomic E-state index is 5.26. The van der Waals surface area contributed by atoms with Gasteiger partial charge in [0.15, 0.2) is 0 Å². The number of para-hydroxylation sites is 6. The van der Waals surface area contributed by atoms with E-state index in [0.29, 0.717) is 11.9 Å². The Hall–Kier alpha value is -20.2. The van der Waals surface area contributed by atoms with Crippen molar-refractivity contribution < 1.29 is 0 Å². The van der Waals surface area contributed by atoms with Crippen LogP contribution in [0.4, 0.5) is 0 Å². The van der Waals surface area contributed by atoms with Crippen molar-refractivity contribution in [3.63, 3.8) is 0 Å². The first-order valence-electron chi connectivity index (χ1n) is 51.0. The van der Waals surface area contributed by atoms with Gasteiger partial charge in [-0.05, 0) is 195 Å². The molecule has 0 spiro atoms. The van der Waals surface area contributed by atoms with Gasteiger partial charge in [0.25, 0.3) is 0 Å². The van der Waals surface area contributed by atoms with Crippen LogP contribution in [0.1, 0.15) is 0 Å². The molecule has 0 amide bonds. The maximum Gasteiger partial charge on any atom is 0.235 e. The van der Waals surface area contributed by atoms with E-state index in [0.717, 1.165) is 101 Å². The van der Waals surface area contributed by atoms with Crippen LogP contribution in [0.15, 0.2) is 558 Å². The van der Waals surface area contributed by atoms with E-state index in [-0.39, 0.29) is 0 Å². The van der Waals surface area contributed by atoms with E-state index >= 15 is 0 Å². The van der Waals surface area contributed by atoms with Crippen molar-refractivity contribution in [1.82, 2.24) is 47.3 Å². The molecular weight excluding hydrogens is 1820 g/mol. The summed E-state index contributed by atoms with van der Waals surface area (Å²) in [6.45, 7) is 0. The fraction of sp³-hybridized carbons (Fsp3) is 0. The lowest BCUT2D eigenvalue weighted by Crippen LogP contribution is -2.04. The summed E-state index contributed by atoms with van der Waals surface area (Å²) in [5.74, 6) is 1.29. The second kappa shape index (κ2) is 37.2. The monoisotopic (exact) mass is 1910 g/mol. The van der Waals surface area contributed by atoms with Crippen molar-refractivity contribution >= 4 is 131 Å². The molecular formula is C140H92N10. The first kappa shape index (κ1) is 87.6. The minimum Gasteiger partial charge on any atom is -0.309 e. The molecule has 8 heterocycles. The third-order valence-electron chi connectivity index (χ3n) is 29.6. The van der Waals surface area contributed by atoms with E-state index in [4.69, 9.17) is 19.9 Å². The molecule has 0 aliphatic heterocycles. The van der Waals surface area contributed by atoms with E-state index in [2.05, 4.69) is 561 Å². The van der Waals surface area contributed by atoms with E-state index in [1.54, 1.807) is 0 Å². The fourth-order valence-corrected chi connectivity index (χ4v) is 22.6. The molecule has 30 aromatic rings. The van der Waals surface area contributed by atoms with E-state index < -0.39 is 0 Å². The van der Waals surface area contributed by atoms with Crippen molar-refractivity contribution in [3.8, 4) is 135 Å². The predicted molar refractivity (Wildman–Crippen MR) is 625 cm³/mol. The van der Waals surface area contributed by atoms with Gasteiger partial charge in [-0.3, -0.25) is 9.13 Å². The quantitative estimate of drug-likeness (QED) is 0.102. The molecule has 0 bridgehead atoms. The first-order valence-corrected chi connectivity index (χ1v) is 51.0. The molecule has 0 aliphatic rings. The molecule has 30 rings (SSSR count). The number of nitrogens with zero attached hydrogens (tertiary/aromatic N) is 10. The molecule has 22 aromatic carbocycles. The summed E-state index contributed by atoms with van der Waals surface area (Å²) in [5.41, 5.74) is 38.0. The van der Waals surface area contributed by atoms with Gasteiger partial charge in [0.1, 0.15) is 0 Å². The molecule has 10 heteroatoms. The summed E-state index contributed by atoms with van der Waals surface area (Å²) in [5, 5.41) is 14.6. The number of hydrogen-bond acceptors (Lipinski definition) is 4. The van der Waals surface area contributed by atoms with Crippen LogP contribution in [0.25, 0.3) is 266 Å². The number of benzene rings is 22. The Kier molecular flexibility index (Phi) is 21.7. The zero-order valence-electron chi connectivity index (χ0n) is 81.6. The lowest BCUT2D eigenvalue weighted by molar-refractivity contribution is 0.995. The second-order valence-corrected chi connectivity index (χ2v) is 38.4. The highest BCUT2D eigenvalue weighted by atomic mass is 15.2.